The van der Waals surface area contributed by atoms with Gasteiger partial charge in [-0.05, 0) is 99.8 Å². The number of carbonyl (C=O) groups is 1. The van der Waals surface area contributed by atoms with Crippen LogP contribution in [-0.4, -0.2) is 40.4 Å². The quantitative estimate of drug-likeness (QED) is 0.322. The van der Waals surface area contributed by atoms with Crippen molar-refractivity contribution < 1.29 is 18.3 Å². The summed E-state index contributed by atoms with van der Waals surface area (Å²) in [6, 6.07) is 12.0. The van der Waals surface area contributed by atoms with Gasteiger partial charge < -0.3 is 14.1 Å². The van der Waals surface area contributed by atoms with Gasteiger partial charge in [0.05, 0.1) is 12.5 Å². The number of methoxy groups -OCH3 is 1. The molecule has 2 aromatic heterocycles. The van der Waals surface area contributed by atoms with E-state index in [1.807, 2.05) is 35.2 Å². The average Bonchev–Trinajstić information content (AvgIpc) is 3.70. The molecular formula is C32H35FN4O3. The monoisotopic (exact) mass is 542 g/mol. The van der Waals surface area contributed by atoms with Gasteiger partial charge in [-0.2, -0.15) is 0 Å². The van der Waals surface area contributed by atoms with Gasteiger partial charge in [-0.25, -0.2) is 9.37 Å². The summed E-state index contributed by atoms with van der Waals surface area (Å²) >= 11 is 0. The van der Waals surface area contributed by atoms with Crippen LogP contribution in [-0.2, 0) is 10.2 Å². The molecule has 7 aliphatic carbocycles. The number of nitrogens with zero attached hydrogens (tertiary/aromatic N) is 4. The van der Waals surface area contributed by atoms with Crippen molar-refractivity contribution in [3.05, 3.63) is 54.4 Å². The average molecular weight is 543 g/mol. The molecule has 7 aliphatic rings. The third-order valence-corrected chi connectivity index (χ3v) is 10.8. The van der Waals surface area contributed by atoms with Crippen LogP contribution in [0.1, 0.15) is 88.3 Å². The molecule has 0 atom stereocenters. The Balaban J connectivity index is 1.07. The number of halogens is 1. The van der Waals surface area contributed by atoms with E-state index in [0.717, 1.165) is 80.0 Å². The van der Waals surface area contributed by atoms with E-state index >= 15 is 0 Å². The Morgan fingerprint density at radius 2 is 1.77 bits per heavy atom. The van der Waals surface area contributed by atoms with Gasteiger partial charge in [0.2, 0.25) is 23.6 Å². The number of hydrogen-bond donors (Lipinski definition) is 0. The molecule has 7 saturated carbocycles. The number of aromatic nitrogens is 3. The molecular weight excluding hydrogens is 507 g/mol. The fourth-order valence-electron chi connectivity index (χ4n) is 8.08. The largest absolute Gasteiger partial charge is 0.481 e. The number of alkyl halides is 1. The van der Waals surface area contributed by atoms with Gasteiger partial charge in [-0.15, -0.1) is 10.2 Å². The van der Waals surface area contributed by atoms with Crippen LogP contribution in [0, 0.1) is 10.8 Å². The molecule has 7 fully saturated rings. The van der Waals surface area contributed by atoms with Crippen LogP contribution >= 0.6 is 0 Å². The van der Waals surface area contributed by atoms with E-state index in [-0.39, 0.29) is 16.7 Å². The number of rotatable bonds is 8. The normalized spacial score (nSPS) is 33.6. The van der Waals surface area contributed by atoms with Crippen molar-refractivity contribution in [2.75, 3.05) is 18.6 Å². The number of benzene rings is 1. The lowest BCUT2D eigenvalue weighted by Crippen LogP contribution is -2.71. The van der Waals surface area contributed by atoms with Gasteiger partial charge in [-0.1, -0.05) is 12.1 Å². The Morgan fingerprint density at radius 1 is 1.02 bits per heavy atom. The highest BCUT2D eigenvalue weighted by molar-refractivity contribution is 6.00. The van der Waals surface area contributed by atoms with Crippen LogP contribution in [0.2, 0.25) is 0 Å². The standard InChI is InChI=1S/C32H35FN4O3/c1-39-25-8-7-23(16-34-25)22-3-2-4-24(15-22)37(28(38)31-17-32(33,18-31)19-31)20-29-9-12-30(13-10-29,14-11-29)27-36-35-26(40-27)21-5-6-21/h2-4,7-8,15-16,21H,5-6,9-14,17-20H2,1H3. The molecule has 1 aromatic carbocycles. The zero-order valence-corrected chi connectivity index (χ0v) is 23.0. The van der Waals surface area contributed by atoms with Crippen molar-refractivity contribution in [1.29, 1.82) is 0 Å². The maximum Gasteiger partial charge on any atom is 0.233 e. The minimum absolute atomic E-state index is 0.0214. The molecule has 0 saturated heterocycles. The van der Waals surface area contributed by atoms with Crippen molar-refractivity contribution in [2.45, 2.75) is 87.6 Å². The van der Waals surface area contributed by atoms with Crippen molar-refractivity contribution in [1.82, 2.24) is 15.2 Å². The highest BCUT2D eigenvalue weighted by Gasteiger charge is 2.73. The first-order chi connectivity index (χ1) is 19.3. The van der Waals surface area contributed by atoms with Gasteiger partial charge in [0.25, 0.3) is 0 Å². The number of amides is 1. The smallest absolute Gasteiger partial charge is 0.233 e. The minimum atomic E-state index is -1.12. The van der Waals surface area contributed by atoms with Crippen molar-refractivity contribution in [2.24, 2.45) is 10.8 Å². The summed E-state index contributed by atoms with van der Waals surface area (Å²) in [5.41, 5.74) is 1.23. The molecule has 2 heterocycles. The molecule has 4 bridgehead atoms. The van der Waals surface area contributed by atoms with E-state index in [1.54, 1.807) is 13.3 Å². The fraction of sp³-hybridized carbons (Fsp3) is 0.562. The van der Waals surface area contributed by atoms with E-state index in [0.29, 0.717) is 37.6 Å². The minimum Gasteiger partial charge on any atom is -0.481 e. The molecule has 3 aromatic rings. The van der Waals surface area contributed by atoms with E-state index < -0.39 is 11.1 Å². The van der Waals surface area contributed by atoms with Crippen LogP contribution < -0.4 is 9.64 Å². The highest BCUT2D eigenvalue weighted by Crippen LogP contribution is 2.70. The Morgan fingerprint density at radius 3 is 2.40 bits per heavy atom. The van der Waals surface area contributed by atoms with Gasteiger partial charge in [0.15, 0.2) is 0 Å². The Hall–Kier alpha value is -3.29. The predicted octanol–water partition coefficient (Wildman–Crippen LogP) is 6.54. The number of hydrogen-bond acceptors (Lipinski definition) is 6. The van der Waals surface area contributed by atoms with Gasteiger partial charge >= 0.3 is 0 Å². The molecule has 208 valence electrons. The lowest BCUT2D eigenvalue weighted by Gasteiger charge is -2.65. The second-order valence-corrected chi connectivity index (χ2v) is 13.5. The van der Waals surface area contributed by atoms with Gasteiger partial charge in [0, 0.05) is 41.4 Å². The molecule has 7 nitrogen and oxygen atoms in total. The summed E-state index contributed by atoms with van der Waals surface area (Å²) in [7, 11) is 1.60. The summed E-state index contributed by atoms with van der Waals surface area (Å²) < 4.78 is 26.0. The highest BCUT2D eigenvalue weighted by atomic mass is 19.1. The fourth-order valence-corrected chi connectivity index (χ4v) is 8.08. The van der Waals surface area contributed by atoms with Crippen molar-refractivity contribution in [3.63, 3.8) is 0 Å². The predicted molar refractivity (Wildman–Crippen MR) is 147 cm³/mol. The van der Waals surface area contributed by atoms with Crippen LogP contribution in [0.25, 0.3) is 11.1 Å². The SMILES string of the molecule is COc1ccc(-c2cccc(N(CC34CCC(c5nnc(C6CC6)o5)(CC3)CC4)C(=O)C34CC(F)(C3)C4)c2)cn1. The third kappa shape index (κ3) is 3.74. The lowest BCUT2D eigenvalue weighted by molar-refractivity contribution is -0.211. The first-order valence-electron chi connectivity index (χ1n) is 14.8. The molecule has 10 rings (SSSR count). The van der Waals surface area contributed by atoms with Crippen LogP contribution in [0.15, 0.2) is 47.0 Å². The van der Waals surface area contributed by atoms with E-state index in [4.69, 9.17) is 9.15 Å². The maximum atomic E-state index is 14.5. The van der Waals surface area contributed by atoms with Crippen LogP contribution in [0.4, 0.5) is 10.1 Å². The maximum absolute atomic E-state index is 14.5. The molecule has 0 unspecified atom stereocenters. The summed E-state index contributed by atoms with van der Waals surface area (Å²) in [5, 5.41) is 8.89. The number of anilines is 1. The zero-order valence-electron chi connectivity index (χ0n) is 23.0. The zero-order chi connectivity index (χ0) is 27.2. The first-order valence-corrected chi connectivity index (χ1v) is 14.8. The van der Waals surface area contributed by atoms with E-state index in [1.165, 1.54) is 0 Å². The van der Waals surface area contributed by atoms with E-state index in [9.17, 15) is 9.18 Å². The van der Waals surface area contributed by atoms with Crippen LogP contribution in [0.3, 0.4) is 0 Å². The second kappa shape index (κ2) is 8.37. The molecule has 1 amide bonds. The Bertz CT molecular complexity index is 1430. The molecule has 0 spiro atoms. The number of carbonyl (C=O) groups excluding carboxylic acids is 1. The molecule has 0 aliphatic heterocycles. The number of pyridine rings is 1. The topological polar surface area (TPSA) is 81.4 Å². The molecule has 40 heavy (non-hydrogen) atoms. The Labute approximate surface area is 233 Å². The third-order valence-electron chi connectivity index (χ3n) is 10.8. The molecule has 8 heteroatoms. The van der Waals surface area contributed by atoms with Crippen molar-refractivity contribution >= 4 is 11.6 Å². The van der Waals surface area contributed by atoms with Gasteiger partial charge in [0.1, 0.15) is 5.67 Å². The summed E-state index contributed by atoms with van der Waals surface area (Å²) in [5.74, 6) is 2.78. The van der Waals surface area contributed by atoms with E-state index in [2.05, 4.69) is 21.2 Å². The summed E-state index contributed by atoms with van der Waals surface area (Å²) in [6.45, 7) is 0.671. The van der Waals surface area contributed by atoms with Gasteiger partial charge in [-0.3, -0.25) is 4.79 Å². The number of fused-ring (bicyclic) bond motifs is 3. The first kappa shape index (κ1) is 24.5. The second-order valence-electron chi connectivity index (χ2n) is 13.5. The van der Waals surface area contributed by atoms with Crippen LogP contribution in [0.5, 0.6) is 5.88 Å². The molecule has 0 N–H and O–H groups in total. The summed E-state index contributed by atoms with van der Waals surface area (Å²) in [6.07, 6.45) is 11.3. The van der Waals surface area contributed by atoms with Crippen molar-refractivity contribution in [3.8, 4) is 17.0 Å². The summed E-state index contributed by atoms with van der Waals surface area (Å²) in [4.78, 5) is 20.5. The Kier molecular flexibility index (Phi) is 5.12. The lowest BCUT2D eigenvalue weighted by atomic mass is 9.41. The molecule has 0 radical (unpaired) electrons. The number of ether oxygens (including phenoxy) is 1.